The average Bonchev–Trinajstić information content (AvgIpc) is 2.41. The lowest BCUT2D eigenvalue weighted by molar-refractivity contribution is -0.150. The Morgan fingerprint density at radius 1 is 1.35 bits per heavy atom. The Bertz CT molecular complexity index is 481. The Labute approximate surface area is 130 Å². The van der Waals surface area contributed by atoms with E-state index in [9.17, 15) is 9.59 Å². The van der Waals surface area contributed by atoms with Gasteiger partial charge in [0, 0.05) is 11.0 Å². The van der Waals surface area contributed by atoms with Gasteiger partial charge in [0.05, 0.1) is 5.02 Å². The van der Waals surface area contributed by atoms with Gasteiger partial charge >= 0.3 is 5.97 Å². The average molecular weight is 365 g/mol. The van der Waals surface area contributed by atoms with E-state index in [1.807, 2.05) is 6.92 Å². The standard InChI is InChI=1S/C13H15BrClNO4/c1-2-5-16-12(17)7-20-13(18)8-19-11-4-3-9(14)6-10(11)15/h3-4,6H,2,5,7-8H2,1H3,(H,16,17). The molecule has 0 aliphatic carbocycles. The maximum atomic E-state index is 11.4. The molecule has 1 aromatic rings. The summed E-state index contributed by atoms with van der Waals surface area (Å²) in [5, 5.41) is 2.98. The van der Waals surface area contributed by atoms with E-state index in [-0.39, 0.29) is 19.1 Å². The second-order valence-corrected chi connectivity index (χ2v) is 5.20. The first-order valence-corrected chi connectivity index (χ1v) is 7.20. The zero-order valence-corrected chi connectivity index (χ0v) is 13.3. The number of rotatable bonds is 7. The first-order chi connectivity index (χ1) is 9.52. The maximum absolute atomic E-state index is 11.4. The second-order valence-electron chi connectivity index (χ2n) is 3.87. The number of carbonyl (C=O) groups excluding carboxylic acids is 2. The summed E-state index contributed by atoms with van der Waals surface area (Å²) in [5.41, 5.74) is 0. The number of esters is 1. The summed E-state index contributed by atoms with van der Waals surface area (Å²) in [7, 11) is 0. The fraction of sp³-hybridized carbons (Fsp3) is 0.385. The fourth-order valence-corrected chi connectivity index (χ4v) is 1.96. The van der Waals surface area contributed by atoms with Crippen molar-refractivity contribution in [2.75, 3.05) is 19.8 Å². The predicted octanol–water partition coefficient (Wildman–Crippen LogP) is 2.55. The van der Waals surface area contributed by atoms with E-state index in [1.165, 1.54) is 0 Å². The van der Waals surface area contributed by atoms with Gasteiger partial charge in [0.15, 0.2) is 13.2 Å². The Hall–Kier alpha value is -1.27. The SMILES string of the molecule is CCCNC(=O)COC(=O)COc1ccc(Br)cc1Cl. The van der Waals surface area contributed by atoms with Crippen LogP contribution in [0.15, 0.2) is 22.7 Å². The van der Waals surface area contributed by atoms with Crippen LogP contribution in [0.25, 0.3) is 0 Å². The number of halogens is 2. The first-order valence-electron chi connectivity index (χ1n) is 6.03. The Balaban J connectivity index is 2.31. The van der Waals surface area contributed by atoms with Gasteiger partial charge in [-0.05, 0) is 24.6 Å². The van der Waals surface area contributed by atoms with Gasteiger partial charge in [-0.1, -0.05) is 34.5 Å². The van der Waals surface area contributed by atoms with Crippen LogP contribution in [-0.2, 0) is 14.3 Å². The minimum absolute atomic E-state index is 0.303. The minimum atomic E-state index is -0.629. The number of ether oxygens (including phenoxy) is 2. The molecule has 0 unspecified atom stereocenters. The molecule has 0 aliphatic rings. The van der Waals surface area contributed by atoms with Crippen molar-refractivity contribution in [3.05, 3.63) is 27.7 Å². The number of nitrogens with one attached hydrogen (secondary N) is 1. The van der Waals surface area contributed by atoms with Crippen LogP contribution >= 0.6 is 27.5 Å². The highest BCUT2D eigenvalue weighted by Crippen LogP contribution is 2.27. The molecule has 1 N–H and O–H groups in total. The Morgan fingerprint density at radius 2 is 2.10 bits per heavy atom. The van der Waals surface area contributed by atoms with Crippen LogP contribution in [0.1, 0.15) is 13.3 Å². The topological polar surface area (TPSA) is 64.6 Å². The van der Waals surface area contributed by atoms with E-state index in [4.69, 9.17) is 21.1 Å². The molecule has 0 spiro atoms. The van der Waals surface area contributed by atoms with Gasteiger partial charge < -0.3 is 14.8 Å². The number of benzene rings is 1. The van der Waals surface area contributed by atoms with E-state index >= 15 is 0 Å². The van der Waals surface area contributed by atoms with Crippen molar-refractivity contribution in [1.29, 1.82) is 0 Å². The summed E-state index contributed by atoms with van der Waals surface area (Å²) in [4.78, 5) is 22.6. The van der Waals surface area contributed by atoms with Crippen LogP contribution in [0, 0.1) is 0 Å². The van der Waals surface area contributed by atoms with Gasteiger partial charge in [0.2, 0.25) is 0 Å². The van der Waals surface area contributed by atoms with Crippen LogP contribution in [0.3, 0.4) is 0 Å². The smallest absolute Gasteiger partial charge is 0.344 e. The molecule has 0 heterocycles. The van der Waals surface area contributed by atoms with Crippen molar-refractivity contribution in [1.82, 2.24) is 5.32 Å². The largest absolute Gasteiger partial charge is 0.480 e. The number of hydrogen-bond donors (Lipinski definition) is 1. The summed E-state index contributed by atoms with van der Waals surface area (Å²) in [6.07, 6.45) is 0.824. The molecule has 0 saturated carbocycles. The number of hydrogen-bond acceptors (Lipinski definition) is 4. The molecule has 1 aromatic carbocycles. The lowest BCUT2D eigenvalue weighted by atomic mass is 10.3. The molecule has 0 aliphatic heterocycles. The highest BCUT2D eigenvalue weighted by Gasteiger charge is 2.09. The summed E-state index contributed by atoms with van der Waals surface area (Å²) in [5.74, 6) is -0.584. The van der Waals surface area contributed by atoms with Crippen LogP contribution in [0.2, 0.25) is 5.02 Å². The maximum Gasteiger partial charge on any atom is 0.344 e. The van der Waals surface area contributed by atoms with E-state index < -0.39 is 5.97 Å². The highest BCUT2D eigenvalue weighted by molar-refractivity contribution is 9.10. The third kappa shape index (κ3) is 6.25. The van der Waals surface area contributed by atoms with Gasteiger partial charge in [-0.3, -0.25) is 4.79 Å². The quantitative estimate of drug-likeness (QED) is 0.755. The number of carbonyl (C=O) groups is 2. The van der Waals surface area contributed by atoms with Crippen molar-refractivity contribution in [2.45, 2.75) is 13.3 Å². The molecule has 110 valence electrons. The molecule has 0 bridgehead atoms. The lowest BCUT2D eigenvalue weighted by Gasteiger charge is -2.08. The molecule has 0 fully saturated rings. The van der Waals surface area contributed by atoms with Crippen LogP contribution in [0.4, 0.5) is 0 Å². The third-order valence-corrected chi connectivity index (χ3v) is 2.96. The molecule has 0 aromatic heterocycles. The molecular weight excluding hydrogens is 350 g/mol. The number of amides is 1. The van der Waals surface area contributed by atoms with E-state index in [2.05, 4.69) is 21.2 Å². The van der Waals surface area contributed by atoms with E-state index in [1.54, 1.807) is 18.2 Å². The predicted molar refractivity (Wildman–Crippen MR) is 78.9 cm³/mol. The highest BCUT2D eigenvalue weighted by atomic mass is 79.9. The van der Waals surface area contributed by atoms with Crippen molar-refractivity contribution in [3.8, 4) is 5.75 Å². The Morgan fingerprint density at radius 3 is 2.75 bits per heavy atom. The summed E-state index contributed by atoms with van der Waals surface area (Å²) in [6, 6.07) is 5.03. The summed E-state index contributed by atoms with van der Waals surface area (Å²) >= 11 is 9.19. The summed E-state index contributed by atoms with van der Waals surface area (Å²) in [6.45, 7) is 1.88. The van der Waals surface area contributed by atoms with Gasteiger partial charge in [-0.2, -0.15) is 0 Å². The van der Waals surface area contributed by atoms with Crippen molar-refractivity contribution < 1.29 is 19.1 Å². The van der Waals surface area contributed by atoms with Crippen molar-refractivity contribution >= 4 is 39.4 Å². The zero-order chi connectivity index (χ0) is 15.0. The second kappa shape index (κ2) is 8.81. The van der Waals surface area contributed by atoms with Gasteiger partial charge in [-0.25, -0.2) is 4.79 Å². The third-order valence-electron chi connectivity index (χ3n) is 2.18. The normalized spacial score (nSPS) is 9.95. The van der Waals surface area contributed by atoms with Crippen LogP contribution in [0.5, 0.6) is 5.75 Å². The van der Waals surface area contributed by atoms with Gasteiger partial charge in [0.1, 0.15) is 5.75 Å². The monoisotopic (exact) mass is 363 g/mol. The molecule has 0 saturated heterocycles. The molecule has 7 heteroatoms. The molecule has 20 heavy (non-hydrogen) atoms. The molecule has 0 atom stereocenters. The van der Waals surface area contributed by atoms with Gasteiger partial charge in [0.25, 0.3) is 5.91 Å². The van der Waals surface area contributed by atoms with Crippen LogP contribution in [-0.4, -0.2) is 31.6 Å². The van der Waals surface area contributed by atoms with E-state index in [0.29, 0.717) is 17.3 Å². The van der Waals surface area contributed by atoms with E-state index in [0.717, 1.165) is 10.9 Å². The molecule has 0 radical (unpaired) electrons. The van der Waals surface area contributed by atoms with Crippen molar-refractivity contribution in [2.24, 2.45) is 0 Å². The summed E-state index contributed by atoms with van der Waals surface area (Å²) < 4.78 is 10.8. The molecule has 5 nitrogen and oxygen atoms in total. The first kappa shape index (κ1) is 16.8. The zero-order valence-electron chi connectivity index (χ0n) is 10.9. The minimum Gasteiger partial charge on any atom is -0.480 e. The Kier molecular flexibility index (Phi) is 7.40. The molecule has 1 amide bonds. The van der Waals surface area contributed by atoms with Crippen LogP contribution < -0.4 is 10.1 Å². The van der Waals surface area contributed by atoms with Gasteiger partial charge in [-0.15, -0.1) is 0 Å². The fourth-order valence-electron chi connectivity index (χ4n) is 1.23. The molecule has 1 rings (SSSR count). The van der Waals surface area contributed by atoms with Crippen molar-refractivity contribution in [3.63, 3.8) is 0 Å². The lowest BCUT2D eigenvalue weighted by Crippen LogP contribution is -2.30. The molecular formula is C13H15BrClNO4.